The van der Waals surface area contributed by atoms with Crippen LogP contribution in [0.25, 0.3) is 0 Å². The summed E-state index contributed by atoms with van der Waals surface area (Å²) >= 11 is 0. The van der Waals surface area contributed by atoms with Gasteiger partial charge in [-0.15, -0.1) is 0 Å². The van der Waals surface area contributed by atoms with E-state index in [4.69, 9.17) is 5.11 Å². The van der Waals surface area contributed by atoms with E-state index in [1.807, 2.05) is 0 Å². The lowest BCUT2D eigenvalue weighted by atomic mass is 10.1. The minimum atomic E-state index is -0.885. The molecular formula is C9H15NO3. The Balaban J connectivity index is 3.92. The number of amides is 1. The Morgan fingerprint density at radius 1 is 1.54 bits per heavy atom. The highest BCUT2D eigenvalue weighted by Crippen LogP contribution is 2.00. The zero-order valence-electron chi connectivity index (χ0n) is 7.96. The largest absolute Gasteiger partial charge is 0.481 e. The van der Waals surface area contributed by atoms with Crippen molar-refractivity contribution in [2.45, 2.75) is 20.3 Å². The predicted octanol–water partition coefficient (Wildman–Crippen LogP) is 0.790. The summed E-state index contributed by atoms with van der Waals surface area (Å²) in [5.41, 5.74) is 0.389. The van der Waals surface area contributed by atoms with Crippen LogP contribution in [0.3, 0.4) is 0 Å². The summed E-state index contributed by atoms with van der Waals surface area (Å²) < 4.78 is 0. The zero-order chi connectivity index (χ0) is 10.4. The van der Waals surface area contributed by atoms with Crippen LogP contribution in [0.5, 0.6) is 0 Å². The summed E-state index contributed by atoms with van der Waals surface area (Å²) in [7, 11) is 0. The van der Waals surface area contributed by atoms with Crippen molar-refractivity contribution >= 4 is 11.9 Å². The van der Waals surface area contributed by atoms with Crippen LogP contribution in [0.4, 0.5) is 0 Å². The molecule has 0 fully saturated rings. The van der Waals surface area contributed by atoms with E-state index in [1.165, 1.54) is 0 Å². The van der Waals surface area contributed by atoms with Gasteiger partial charge in [-0.3, -0.25) is 9.59 Å². The van der Waals surface area contributed by atoms with Crippen LogP contribution in [0, 0.1) is 5.92 Å². The van der Waals surface area contributed by atoms with Gasteiger partial charge in [0.25, 0.3) is 0 Å². The molecule has 0 aromatic rings. The van der Waals surface area contributed by atoms with Crippen LogP contribution >= 0.6 is 0 Å². The van der Waals surface area contributed by atoms with Crippen molar-refractivity contribution < 1.29 is 14.7 Å². The van der Waals surface area contributed by atoms with E-state index in [-0.39, 0.29) is 12.5 Å². The predicted molar refractivity (Wildman–Crippen MR) is 49.2 cm³/mol. The highest BCUT2D eigenvalue weighted by molar-refractivity contribution is 5.92. The summed E-state index contributed by atoms with van der Waals surface area (Å²) in [4.78, 5) is 21.5. The molecule has 0 bridgehead atoms. The fourth-order valence-electron chi connectivity index (χ4n) is 0.773. The first-order chi connectivity index (χ1) is 5.99. The first kappa shape index (κ1) is 11.7. The van der Waals surface area contributed by atoms with E-state index < -0.39 is 11.9 Å². The van der Waals surface area contributed by atoms with E-state index in [9.17, 15) is 9.59 Å². The molecule has 1 amide bonds. The van der Waals surface area contributed by atoms with Crippen molar-refractivity contribution in [1.82, 2.24) is 5.32 Å². The maximum Gasteiger partial charge on any atom is 0.308 e. The third kappa shape index (κ3) is 4.30. The molecule has 13 heavy (non-hydrogen) atoms. The van der Waals surface area contributed by atoms with E-state index in [0.29, 0.717) is 12.0 Å². The minimum Gasteiger partial charge on any atom is -0.481 e. The van der Waals surface area contributed by atoms with Crippen molar-refractivity contribution in [1.29, 1.82) is 0 Å². The fourth-order valence-corrected chi connectivity index (χ4v) is 0.773. The molecule has 74 valence electrons. The third-order valence-electron chi connectivity index (χ3n) is 1.74. The fraction of sp³-hybridized carbons (Fsp3) is 0.556. The van der Waals surface area contributed by atoms with Crippen LogP contribution < -0.4 is 5.32 Å². The Labute approximate surface area is 77.6 Å². The molecular weight excluding hydrogens is 170 g/mol. The molecule has 0 saturated carbocycles. The molecule has 4 nitrogen and oxygen atoms in total. The SMILES string of the molecule is C=C(C)C(=O)NCC(CC)C(=O)O. The lowest BCUT2D eigenvalue weighted by Crippen LogP contribution is -2.32. The summed E-state index contributed by atoms with van der Waals surface area (Å²) in [6, 6.07) is 0. The van der Waals surface area contributed by atoms with Crippen LogP contribution in [-0.4, -0.2) is 23.5 Å². The molecule has 0 heterocycles. The zero-order valence-corrected chi connectivity index (χ0v) is 7.96. The first-order valence-electron chi connectivity index (χ1n) is 4.15. The Morgan fingerprint density at radius 3 is 2.38 bits per heavy atom. The number of nitrogens with one attached hydrogen (secondary N) is 1. The van der Waals surface area contributed by atoms with Crippen LogP contribution in [0.1, 0.15) is 20.3 Å². The smallest absolute Gasteiger partial charge is 0.308 e. The second kappa shape index (κ2) is 5.35. The van der Waals surface area contributed by atoms with Crippen molar-refractivity contribution in [3.8, 4) is 0 Å². The molecule has 0 saturated heterocycles. The second-order valence-corrected chi connectivity index (χ2v) is 2.93. The van der Waals surface area contributed by atoms with Crippen LogP contribution in [0.15, 0.2) is 12.2 Å². The van der Waals surface area contributed by atoms with Gasteiger partial charge in [0.2, 0.25) is 5.91 Å². The average molecular weight is 185 g/mol. The van der Waals surface area contributed by atoms with Crippen molar-refractivity contribution in [2.24, 2.45) is 5.92 Å². The number of hydrogen-bond acceptors (Lipinski definition) is 2. The van der Waals surface area contributed by atoms with E-state index >= 15 is 0 Å². The van der Waals surface area contributed by atoms with Gasteiger partial charge in [0.1, 0.15) is 0 Å². The minimum absolute atomic E-state index is 0.164. The number of carbonyl (C=O) groups is 2. The van der Waals surface area contributed by atoms with Gasteiger partial charge in [-0.2, -0.15) is 0 Å². The normalized spacial score (nSPS) is 11.8. The standard InChI is InChI=1S/C9H15NO3/c1-4-7(9(12)13)5-10-8(11)6(2)3/h7H,2,4-5H2,1,3H3,(H,10,11)(H,12,13). The lowest BCUT2D eigenvalue weighted by molar-refractivity contribution is -0.141. The molecule has 0 rings (SSSR count). The molecule has 0 aromatic heterocycles. The summed E-state index contributed by atoms with van der Waals surface area (Å²) in [6.07, 6.45) is 0.506. The van der Waals surface area contributed by atoms with E-state index in [1.54, 1.807) is 13.8 Å². The van der Waals surface area contributed by atoms with E-state index in [0.717, 1.165) is 0 Å². The van der Waals surface area contributed by atoms with Gasteiger partial charge < -0.3 is 10.4 Å². The lowest BCUT2D eigenvalue weighted by Gasteiger charge is -2.10. The molecule has 1 atom stereocenters. The van der Waals surface area contributed by atoms with E-state index in [2.05, 4.69) is 11.9 Å². The summed E-state index contributed by atoms with van der Waals surface area (Å²) in [5, 5.41) is 11.1. The molecule has 0 aliphatic rings. The number of carbonyl (C=O) groups excluding carboxylic acids is 1. The monoisotopic (exact) mass is 185 g/mol. The molecule has 4 heteroatoms. The topological polar surface area (TPSA) is 66.4 Å². The van der Waals surface area contributed by atoms with Crippen LogP contribution in [-0.2, 0) is 9.59 Å². The quantitative estimate of drug-likeness (QED) is 0.622. The molecule has 0 aromatic carbocycles. The highest BCUT2D eigenvalue weighted by Gasteiger charge is 2.15. The highest BCUT2D eigenvalue weighted by atomic mass is 16.4. The maximum absolute atomic E-state index is 11.0. The van der Waals surface area contributed by atoms with Gasteiger partial charge in [-0.1, -0.05) is 13.5 Å². The molecule has 0 radical (unpaired) electrons. The second-order valence-electron chi connectivity index (χ2n) is 2.93. The van der Waals surface area contributed by atoms with Gasteiger partial charge in [-0.25, -0.2) is 0 Å². The van der Waals surface area contributed by atoms with Crippen LogP contribution in [0.2, 0.25) is 0 Å². The van der Waals surface area contributed by atoms with Gasteiger partial charge in [0, 0.05) is 12.1 Å². The Kier molecular flexibility index (Phi) is 4.80. The van der Waals surface area contributed by atoms with Gasteiger partial charge in [0.15, 0.2) is 0 Å². The van der Waals surface area contributed by atoms with Crippen molar-refractivity contribution in [3.05, 3.63) is 12.2 Å². The van der Waals surface area contributed by atoms with Crippen molar-refractivity contribution in [2.75, 3.05) is 6.54 Å². The number of carboxylic acids is 1. The number of carboxylic acid groups (broad SMARTS) is 1. The Morgan fingerprint density at radius 2 is 2.08 bits per heavy atom. The molecule has 0 spiro atoms. The number of rotatable bonds is 5. The first-order valence-corrected chi connectivity index (χ1v) is 4.15. The van der Waals surface area contributed by atoms with Gasteiger partial charge in [0.05, 0.1) is 5.92 Å². The average Bonchev–Trinajstić information content (AvgIpc) is 2.04. The van der Waals surface area contributed by atoms with Gasteiger partial charge >= 0.3 is 5.97 Å². The van der Waals surface area contributed by atoms with Gasteiger partial charge in [-0.05, 0) is 13.3 Å². The maximum atomic E-state index is 11.0. The summed E-state index contributed by atoms with van der Waals surface area (Å²) in [6.45, 7) is 6.96. The Hall–Kier alpha value is -1.32. The molecule has 0 aliphatic heterocycles. The molecule has 2 N–H and O–H groups in total. The molecule has 1 unspecified atom stereocenters. The number of hydrogen-bond donors (Lipinski definition) is 2. The Bertz CT molecular complexity index is 223. The van der Waals surface area contributed by atoms with Crippen molar-refractivity contribution in [3.63, 3.8) is 0 Å². The third-order valence-corrected chi connectivity index (χ3v) is 1.74. The summed E-state index contributed by atoms with van der Waals surface area (Å²) in [5.74, 6) is -1.69. The number of aliphatic carboxylic acids is 1. The molecule has 0 aliphatic carbocycles.